The van der Waals surface area contributed by atoms with Crippen molar-refractivity contribution >= 4 is 5.69 Å². The summed E-state index contributed by atoms with van der Waals surface area (Å²) in [6, 6.07) is 9.49. The fraction of sp³-hybridized carbons (Fsp3) is 0.667. The standard InChI is InChI=1S/C18H28N2O/c1-15-5-2-6-16(13-15)20(11-4-10-19)17-7-12-21-18(14-17)8-3-9-18/h2,5-6,13,17H,3-4,7-12,14,19H2,1H3. The van der Waals surface area contributed by atoms with Gasteiger partial charge in [-0.25, -0.2) is 0 Å². The largest absolute Gasteiger partial charge is 0.375 e. The van der Waals surface area contributed by atoms with E-state index in [2.05, 4.69) is 36.1 Å². The van der Waals surface area contributed by atoms with Crippen molar-refractivity contribution in [2.24, 2.45) is 5.73 Å². The van der Waals surface area contributed by atoms with Crippen molar-refractivity contribution < 1.29 is 4.74 Å². The average molecular weight is 288 g/mol. The van der Waals surface area contributed by atoms with Crippen molar-refractivity contribution in [3.63, 3.8) is 0 Å². The minimum atomic E-state index is 0.202. The van der Waals surface area contributed by atoms with Gasteiger partial charge < -0.3 is 15.4 Å². The normalized spacial score (nSPS) is 23.8. The van der Waals surface area contributed by atoms with Gasteiger partial charge in [0.1, 0.15) is 0 Å². The smallest absolute Gasteiger partial charge is 0.0702 e. The van der Waals surface area contributed by atoms with Gasteiger partial charge in [-0.1, -0.05) is 12.1 Å². The zero-order valence-electron chi connectivity index (χ0n) is 13.2. The van der Waals surface area contributed by atoms with Gasteiger partial charge in [-0.2, -0.15) is 0 Å². The molecule has 1 heterocycles. The van der Waals surface area contributed by atoms with Gasteiger partial charge in [0.25, 0.3) is 0 Å². The van der Waals surface area contributed by atoms with Crippen LogP contribution in [0.15, 0.2) is 24.3 Å². The Kier molecular flexibility index (Phi) is 4.51. The first-order valence-corrected chi connectivity index (χ1v) is 8.40. The molecule has 3 nitrogen and oxygen atoms in total. The van der Waals surface area contributed by atoms with Gasteiger partial charge in [-0.3, -0.25) is 0 Å². The maximum atomic E-state index is 6.09. The molecule has 0 bridgehead atoms. The molecule has 0 aromatic heterocycles. The summed E-state index contributed by atoms with van der Waals surface area (Å²) >= 11 is 0. The molecule has 116 valence electrons. The molecule has 1 aliphatic carbocycles. The van der Waals surface area contributed by atoms with Crippen LogP contribution in [0.5, 0.6) is 0 Å². The molecule has 2 N–H and O–H groups in total. The van der Waals surface area contributed by atoms with E-state index in [1.54, 1.807) is 0 Å². The van der Waals surface area contributed by atoms with Crippen LogP contribution in [0, 0.1) is 6.92 Å². The molecule has 1 saturated carbocycles. The summed E-state index contributed by atoms with van der Waals surface area (Å²) in [5.74, 6) is 0. The summed E-state index contributed by atoms with van der Waals surface area (Å²) in [6.45, 7) is 4.90. The molecule has 21 heavy (non-hydrogen) atoms. The van der Waals surface area contributed by atoms with Crippen molar-refractivity contribution in [3.8, 4) is 0 Å². The van der Waals surface area contributed by atoms with Crippen molar-refractivity contribution in [1.29, 1.82) is 0 Å². The molecular weight excluding hydrogens is 260 g/mol. The number of aryl methyl sites for hydroxylation is 1. The highest BCUT2D eigenvalue weighted by Crippen LogP contribution is 2.44. The Morgan fingerprint density at radius 3 is 2.90 bits per heavy atom. The van der Waals surface area contributed by atoms with Crippen LogP contribution < -0.4 is 10.6 Å². The Labute approximate surface area is 128 Å². The first-order chi connectivity index (χ1) is 10.2. The number of anilines is 1. The molecular formula is C18H28N2O. The predicted molar refractivity (Wildman–Crippen MR) is 87.8 cm³/mol. The molecule has 1 atom stereocenters. The van der Waals surface area contributed by atoms with E-state index in [1.165, 1.54) is 36.9 Å². The van der Waals surface area contributed by atoms with Gasteiger partial charge in [0.15, 0.2) is 0 Å². The highest BCUT2D eigenvalue weighted by atomic mass is 16.5. The van der Waals surface area contributed by atoms with Gasteiger partial charge in [0.2, 0.25) is 0 Å². The molecule has 1 spiro atoms. The highest BCUT2D eigenvalue weighted by molar-refractivity contribution is 5.49. The lowest BCUT2D eigenvalue weighted by molar-refractivity contribution is -0.132. The molecule has 1 aromatic carbocycles. The van der Waals surface area contributed by atoms with Crippen LogP contribution >= 0.6 is 0 Å². The molecule has 1 aliphatic heterocycles. The number of rotatable bonds is 5. The van der Waals surface area contributed by atoms with Gasteiger partial charge in [-0.15, -0.1) is 0 Å². The molecule has 0 amide bonds. The topological polar surface area (TPSA) is 38.5 Å². The van der Waals surface area contributed by atoms with Crippen molar-refractivity contribution in [1.82, 2.24) is 0 Å². The summed E-state index contributed by atoms with van der Waals surface area (Å²) in [4.78, 5) is 2.59. The number of nitrogens with zero attached hydrogens (tertiary/aromatic N) is 1. The average Bonchev–Trinajstić information content (AvgIpc) is 2.46. The first kappa shape index (κ1) is 14.9. The Hall–Kier alpha value is -1.06. The molecule has 2 fully saturated rings. The van der Waals surface area contributed by atoms with E-state index in [0.717, 1.165) is 32.5 Å². The second kappa shape index (κ2) is 6.37. The van der Waals surface area contributed by atoms with Crippen LogP contribution in [0.4, 0.5) is 5.69 Å². The summed E-state index contributed by atoms with van der Waals surface area (Å²) in [7, 11) is 0. The summed E-state index contributed by atoms with van der Waals surface area (Å²) in [5.41, 5.74) is 8.64. The van der Waals surface area contributed by atoms with Crippen LogP contribution in [-0.4, -0.2) is 31.3 Å². The molecule has 1 saturated heterocycles. The molecule has 3 rings (SSSR count). The first-order valence-electron chi connectivity index (χ1n) is 8.40. The quantitative estimate of drug-likeness (QED) is 0.904. The summed E-state index contributed by atoms with van der Waals surface area (Å²) < 4.78 is 6.09. The molecule has 3 heteroatoms. The lowest BCUT2D eigenvalue weighted by atomic mass is 9.73. The van der Waals surface area contributed by atoms with Gasteiger partial charge in [0.05, 0.1) is 5.60 Å². The predicted octanol–water partition coefficient (Wildman–Crippen LogP) is 3.25. The highest BCUT2D eigenvalue weighted by Gasteiger charge is 2.43. The van der Waals surface area contributed by atoms with Crippen LogP contribution in [-0.2, 0) is 4.74 Å². The second-order valence-electron chi connectivity index (χ2n) is 6.71. The number of nitrogens with two attached hydrogens (primary N) is 1. The lowest BCUT2D eigenvalue weighted by Gasteiger charge is -2.50. The number of benzene rings is 1. The minimum Gasteiger partial charge on any atom is -0.375 e. The van der Waals surface area contributed by atoms with Crippen molar-refractivity contribution in [3.05, 3.63) is 29.8 Å². The third-order valence-corrected chi connectivity index (χ3v) is 5.11. The molecule has 0 radical (unpaired) electrons. The maximum absolute atomic E-state index is 6.09. The van der Waals surface area contributed by atoms with Gasteiger partial charge in [0, 0.05) is 24.9 Å². The summed E-state index contributed by atoms with van der Waals surface area (Å²) in [5, 5.41) is 0. The maximum Gasteiger partial charge on any atom is 0.0702 e. The lowest BCUT2D eigenvalue weighted by Crippen LogP contribution is -2.52. The van der Waals surface area contributed by atoms with Crippen LogP contribution in [0.25, 0.3) is 0 Å². The van der Waals surface area contributed by atoms with Crippen LogP contribution in [0.2, 0.25) is 0 Å². The third kappa shape index (κ3) is 3.24. The van der Waals surface area contributed by atoms with Gasteiger partial charge >= 0.3 is 0 Å². The van der Waals surface area contributed by atoms with E-state index in [4.69, 9.17) is 10.5 Å². The van der Waals surface area contributed by atoms with E-state index < -0.39 is 0 Å². The Morgan fingerprint density at radius 2 is 2.24 bits per heavy atom. The SMILES string of the molecule is Cc1cccc(N(CCCN)C2CCOC3(CCC3)C2)c1. The minimum absolute atomic E-state index is 0.202. The molecule has 1 unspecified atom stereocenters. The van der Waals surface area contributed by atoms with Gasteiger partial charge in [-0.05, 0) is 69.7 Å². The molecule has 2 aliphatic rings. The van der Waals surface area contributed by atoms with Crippen molar-refractivity contribution in [2.75, 3.05) is 24.6 Å². The third-order valence-electron chi connectivity index (χ3n) is 5.11. The monoisotopic (exact) mass is 288 g/mol. The van der Waals surface area contributed by atoms with Crippen LogP contribution in [0.3, 0.4) is 0 Å². The van der Waals surface area contributed by atoms with Crippen LogP contribution in [0.1, 0.15) is 44.1 Å². The second-order valence-corrected chi connectivity index (χ2v) is 6.71. The number of ether oxygens (including phenoxy) is 1. The van der Waals surface area contributed by atoms with Crippen molar-refractivity contribution in [2.45, 2.75) is 57.1 Å². The number of hydrogen-bond acceptors (Lipinski definition) is 3. The fourth-order valence-corrected chi connectivity index (χ4v) is 3.78. The molecule has 1 aromatic rings. The number of hydrogen-bond donors (Lipinski definition) is 1. The Bertz CT molecular complexity index is 470. The van der Waals surface area contributed by atoms with E-state index in [0.29, 0.717) is 6.04 Å². The zero-order chi connectivity index (χ0) is 14.7. The Balaban J connectivity index is 1.77. The zero-order valence-corrected chi connectivity index (χ0v) is 13.2. The van der Waals surface area contributed by atoms with E-state index >= 15 is 0 Å². The summed E-state index contributed by atoms with van der Waals surface area (Å²) in [6.07, 6.45) is 7.22. The van der Waals surface area contributed by atoms with E-state index in [9.17, 15) is 0 Å². The van der Waals surface area contributed by atoms with E-state index in [1.807, 2.05) is 0 Å². The van der Waals surface area contributed by atoms with E-state index in [-0.39, 0.29) is 5.60 Å². The Morgan fingerprint density at radius 1 is 1.38 bits per heavy atom. The fourth-order valence-electron chi connectivity index (χ4n) is 3.78.